The second-order valence-electron chi connectivity index (χ2n) is 4.33. The quantitative estimate of drug-likeness (QED) is 0.840. The molecule has 1 unspecified atom stereocenters. The van der Waals surface area contributed by atoms with E-state index in [1.54, 1.807) is 23.9 Å². The van der Waals surface area contributed by atoms with Crippen molar-refractivity contribution in [3.63, 3.8) is 0 Å². The van der Waals surface area contributed by atoms with Crippen molar-refractivity contribution >= 4 is 23.7 Å². The SMILES string of the molecule is CSCCC1NC(=O)N(Cc2ccc(F)cc2)C1=O. The van der Waals surface area contributed by atoms with Gasteiger partial charge < -0.3 is 5.32 Å². The Morgan fingerprint density at radius 3 is 2.63 bits per heavy atom. The van der Waals surface area contributed by atoms with E-state index in [9.17, 15) is 14.0 Å². The zero-order valence-corrected chi connectivity index (χ0v) is 11.4. The van der Waals surface area contributed by atoms with Crippen LogP contribution >= 0.6 is 11.8 Å². The smallest absolute Gasteiger partial charge is 0.325 e. The van der Waals surface area contributed by atoms with Crippen molar-refractivity contribution in [1.29, 1.82) is 0 Å². The van der Waals surface area contributed by atoms with Crippen molar-refractivity contribution in [3.05, 3.63) is 35.6 Å². The van der Waals surface area contributed by atoms with Gasteiger partial charge >= 0.3 is 6.03 Å². The summed E-state index contributed by atoms with van der Waals surface area (Å²) >= 11 is 1.63. The lowest BCUT2D eigenvalue weighted by Gasteiger charge is -2.12. The first-order chi connectivity index (χ1) is 9.11. The Hall–Kier alpha value is -1.56. The van der Waals surface area contributed by atoms with Gasteiger partial charge in [0.1, 0.15) is 11.9 Å². The number of nitrogens with zero attached hydrogens (tertiary/aromatic N) is 1. The van der Waals surface area contributed by atoms with E-state index in [1.165, 1.54) is 17.0 Å². The number of amides is 3. The van der Waals surface area contributed by atoms with Crippen LogP contribution in [-0.4, -0.2) is 34.9 Å². The number of urea groups is 1. The van der Waals surface area contributed by atoms with Gasteiger partial charge in [-0.15, -0.1) is 0 Å². The molecule has 4 nitrogen and oxygen atoms in total. The zero-order valence-electron chi connectivity index (χ0n) is 10.6. The van der Waals surface area contributed by atoms with Crippen LogP contribution in [-0.2, 0) is 11.3 Å². The summed E-state index contributed by atoms with van der Waals surface area (Å²) in [5, 5.41) is 2.67. The molecule has 1 aliphatic rings. The topological polar surface area (TPSA) is 49.4 Å². The maximum absolute atomic E-state index is 12.8. The average molecular weight is 282 g/mol. The molecule has 0 bridgehead atoms. The van der Waals surface area contributed by atoms with Crippen LogP contribution in [0.2, 0.25) is 0 Å². The Labute approximate surface area is 115 Å². The number of thioether (sulfide) groups is 1. The molecule has 1 aromatic carbocycles. The number of imide groups is 1. The molecule has 2 rings (SSSR count). The number of hydrogen-bond acceptors (Lipinski definition) is 3. The van der Waals surface area contributed by atoms with Gasteiger partial charge in [0.15, 0.2) is 0 Å². The Bertz CT molecular complexity index is 478. The predicted octanol–water partition coefficient (Wildman–Crippen LogP) is 2.00. The molecule has 1 heterocycles. The molecule has 0 aliphatic carbocycles. The van der Waals surface area contributed by atoms with E-state index in [1.807, 2.05) is 6.26 Å². The van der Waals surface area contributed by atoms with Gasteiger partial charge in [0.25, 0.3) is 5.91 Å². The molecular weight excluding hydrogens is 267 g/mol. The second-order valence-corrected chi connectivity index (χ2v) is 5.32. The number of rotatable bonds is 5. The highest BCUT2D eigenvalue weighted by molar-refractivity contribution is 7.98. The molecular formula is C13H15FN2O2S. The first-order valence-electron chi connectivity index (χ1n) is 5.97. The Morgan fingerprint density at radius 2 is 2.00 bits per heavy atom. The van der Waals surface area contributed by atoms with E-state index in [2.05, 4.69) is 5.32 Å². The van der Waals surface area contributed by atoms with Crippen molar-refractivity contribution in [3.8, 4) is 0 Å². The number of carbonyl (C=O) groups excluding carboxylic acids is 2. The molecule has 1 saturated heterocycles. The second kappa shape index (κ2) is 6.06. The number of nitrogens with one attached hydrogen (secondary N) is 1. The van der Waals surface area contributed by atoms with Gasteiger partial charge in [-0.05, 0) is 36.1 Å². The van der Waals surface area contributed by atoms with Crippen molar-refractivity contribution in [2.45, 2.75) is 19.0 Å². The highest BCUT2D eigenvalue weighted by Gasteiger charge is 2.37. The fourth-order valence-electron chi connectivity index (χ4n) is 1.93. The third-order valence-corrected chi connectivity index (χ3v) is 3.62. The van der Waals surface area contributed by atoms with Crippen LogP contribution in [0.25, 0.3) is 0 Å². The first-order valence-corrected chi connectivity index (χ1v) is 7.36. The van der Waals surface area contributed by atoms with Crippen LogP contribution in [0.1, 0.15) is 12.0 Å². The van der Waals surface area contributed by atoms with E-state index >= 15 is 0 Å². The van der Waals surface area contributed by atoms with Crippen LogP contribution < -0.4 is 5.32 Å². The minimum absolute atomic E-state index is 0.181. The molecule has 6 heteroatoms. The van der Waals surface area contributed by atoms with Crippen molar-refractivity contribution < 1.29 is 14.0 Å². The van der Waals surface area contributed by atoms with Crippen LogP contribution in [0, 0.1) is 5.82 Å². The minimum Gasteiger partial charge on any atom is -0.326 e. The third kappa shape index (κ3) is 3.26. The Morgan fingerprint density at radius 1 is 1.32 bits per heavy atom. The minimum atomic E-state index is -0.430. The molecule has 0 aromatic heterocycles. The zero-order chi connectivity index (χ0) is 13.8. The van der Waals surface area contributed by atoms with Gasteiger partial charge in [0.05, 0.1) is 6.54 Å². The predicted molar refractivity (Wildman–Crippen MR) is 72.3 cm³/mol. The summed E-state index contributed by atoms with van der Waals surface area (Å²) in [6.07, 6.45) is 2.59. The van der Waals surface area contributed by atoms with E-state index in [0.29, 0.717) is 6.42 Å². The molecule has 3 amide bonds. The molecule has 1 aliphatic heterocycles. The monoisotopic (exact) mass is 282 g/mol. The van der Waals surface area contributed by atoms with Crippen LogP contribution in [0.3, 0.4) is 0 Å². The summed E-state index contributed by atoms with van der Waals surface area (Å²) in [7, 11) is 0. The lowest BCUT2D eigenvalue weighted by Crippen LogP contribution is -2.31. The van der Waals surface area contributed by atoms with Crippen molar-refractivity contribution in [2.24, 2.45) is 0 Å². The Balaban J connectivity index is 2.02. The fourth-order valence-corrected chi connectivity index (χ4v) is 2.40. The van der Waals surface area contributed by atoms with Crippen LogP contribution in [0.4, 0.5) is 9.18 Å². The van der Waals surface area contributed by atoms with Gasteiger partial charge in [-0.1, -0.05) is 12.1 Å². The van der Waals surface area contributed by atoms with Crippen molar-refractivity contribution in [1.82, 2.24) is 10.2 Å². The summed E-state index contributed by atoms with van der Waals surface area (Å²) < 4.78 is 12.8. The van der Waals surface area contributed by atoms with E-state index in [0.717, 1.165) is 11.3 Å². The molecule has 1 atom stereocenters. The molecule has 102 valence electrons. The number of hydrogen-bond donors (Lipinski definition) is 1. The fraction of sp³-hybridized carbons (Fsp3) is 0.385. The number of benzene rings is 1. The van der Waals surface area contributed by atoms with Crippen LogP contribution in [0.5, 0.6) is 0 Å². The average Bonchev–Trinajstić information content (AvgIpc) is 2.66. The molecule has 0 spiro atoms. The number of halogens is 1. The third-order valence-electron chi connectivity index (χ3n) is 2.97. The summed E-state index contributed by atoms with van der Waals surface area (Å²) in [6, 6.07) is 4.98. The maximum atomic E-state index is 12.8. The lowest BCUT2D eigenvalue weighted by molar-refractivity contribution is -0.127. The number of carbonyl (C=O) groups is 2. The highest BCUT2D eigenvalue weighted by Crippen LogP contribution is 2.15. The van der Waals surface area contributed by atoms with E-state index < -0.39 is 6.04 Å². The summed E-state index contributed by atoms with van der Waals surface area (Å²) in [5.74, 6) is 0.281. The van der Waals surface area contributed by atoms with E-state index in [4.69, 9.17) is 0 Å². The van der Waals surface area contributed by atoms with Crippen LogP contribution in [0.15, 0.2) is 24.3 Å². The van der Waals surface area contributed by atoms with Crippen molar-refractivity contribution in [2.75, 3.05) is 12.0 Å². The molecule has 0 radical (unpaired) electrons. The summed E-state index contributed by atoms with van der Waals surface area (Å²) in [4.78, 5) is 25.0. The van der Waals surface area contributed by atoms with E-state index in [-0.39, 0.29) is 24.3 Å². The molecule has 1 fully saturated rings. The molecule has 1 aromatic rings. The first kappa shape index (κ1) is 13.9. The largest absolute Gasteiger partial charge is 0.326 e. The molecule has 1 N–H and O–H groups in total. The standard InChI is InChI=1S/C13H15FN2O2S/c1-19-7-6-11-12(17)16(13(18)15-11)8-9-2-4-10(14)5-3-9/h2-5,11H,6-8H2,1H3,(H,15,18). The normalized spacial score (nSPS) is 18.8. The summed E-state index contributed by atoms with van der Waals surface area (Å²) in [5.41, 5.74) is 0.732. The van der Waals surface area contributed by atoms with Gasteiger partial charge in [0, 0.05) is 0 Å². The van der Waals surface area contributed by atoms with Gasteiger partial charge in [-0.25, -0.2) is 9.18 Å². The summed E-state index contributed by atoms with van der Waals surface area (Å²) in [6.45, 7) is 0.181. The van der Waals surface area contributed by atoms with Gasteiger partial charge in [0.2, 0.25) is 0 Å². The van der Waals surface area contributed by atoms with Gasteiger partial charge in [-0.3, -0.25) is 9.69 Å². The Kier molecular flexibility index (Phi) is 4.42. The maximum Gasteiger partial charge on any atom is 0.325 e. The lowest BCUT2D eigenvalue weighted by atomic mass is 10.2. The molecule has 19 heavy (non-hydrogen) atoms. The molecule has 0 saturated carbocycles. The highest BCUT2D eigenvalue weighted by atomic mass is 32.2. The van der Waals surface area contributed by atoms with Gasteiger partial charge in [-0.2, -0.15) is 11.8 Å².